The summed E-state index contributed by atoms with van der Waals surface area (Å²) in [6.45, 7) is 4.13. The molecule has 2 unspecified atom stereocenters. The quantitative estimate of drug-likeness (QED) is 0.866. The van der Waals surface area contributed by atoms with Crippen LogP contribution in [-0.4, -0.2) is 42.7 Å². The van der Waals surface area contributed by atoms with E-state index in [2.05, 4.69) is 0 Å². The summed E-state index contributed by atoms with van der Waals surface area (Å²) in [6, 6.07) is 0.855. The molecular weight excluding hydrogens is 284 g/mol. The highest BCUT2D eigenvalue weighted by Crippen LogP contribution is 2.30. The molecule has 1 N–H and O–H groups in total. The predicted molar refractivity (Wildman–Crippen MR) is 70.9 cm³/mol. The van der Waals surface area contributed by atoms with Crippen LogP contribution in [0.2, 0.25) is 0 Å². The molecule has 21 heavy (non-hydrogen) atoms. The predicted octanol–water partition coefficient (Wildman–Crippen LogP) is 2.09. The lowest BCUT2D eigenvalue weighted by Gasteiger charge is -2.37. The number of carboxylic acid groups (broad SMARTS) is 1. The van der Waals surface area contributed by atoms with Crippen molar-refractivity contribution < 1.29 is 28.2 Å². The Morgan fingerprint density at radius 2 is 1.90 bits per heavy atom. The van der Waals surface area contributed by atoms with Crippen LogP contribution < -0.4 is 4.90 Å². The van der Waals surface area contributed by atoms with Crippen molar-refractivity contribution >= 4 is 17.9 Å². The van der Waals surface area contributed by atoms with Crippen LogP contribution in [0.25, 0.3) is 0 Å². The number of ether oxygens (including phenoxy) is 1. The fraction of sp³-hybridized carbons (Fsp3) is 0.429. The molecule has 0 bridgehead atoms. The highest BCUT2D eigenvalue weighted by molar-refractivity contribution is 5.94. The molecule has 0 amide bonds. The fourth-order valence-corrected chi connectivity index (χ4v) is 2.56. The largest absolute Gasteiger partial charge is 0.478 e. The number of nitrogens with zero attached hydrogens (tertiary/aromatic N) is 1. The smallest absolute Gasteiger partial charge is 0.338 e. The summed E-state index contributed by atoms with van der Waals surface area (Å²) in [4.78, 5) is 23.5. The fourth-order valence-electron chi connectivity index (χ4n) is 2.56. The third-order valence-corrected chi connectivity index (χ3v) is 3.30. The molecule has 1 heterocycles. The number of carboxylic acids is 1. The summed E-state index contributed by atoms with van der Waals surface area (Å²) in [6.07, 6.45) is -0.0977. The van der Waals surface area contributed by atoms with Crippen LogP contribution in [0.3, 0.4) is 0 Å². The summed E-state index contributed by atoms with van der Waals surface area (Å²) in [7, 11) is 0. The number of aromatic carboxylic acids is 1. The van der Waals surface area contributed by atoms with E-state index in [0.717, 1.165) is 6.07 Å². The highest BCUT2D eigenvalue weighted by Gasteiger charge is 2.30. The summed E-state index contributed by atoms with van der Waals surface area (Å²) in [5, 5.41) is 8.84. The first-order chi connectivity index (χ1) is 9.85. The van der Waals surface area contributed by atoms with Crippen molar-refractivity contribution in [2.45, 2.75) is 26.1 Å². The first-order valence-corrected chi connectivity index (χ1v) is 6.46. The van der Waals surface area contributed by atoms with E-state index in [1.54, 1.807) is 13.8 Å². The van der Waals surface area contributed by atoms with Gasteiger partial charge in [-0.2, -0.15) is 0 Å². The van der Waals surface area contributed by atoms with Crippen LogP contribution in [0.1, 0.15) is 34.6 Å². The Kier molecular flexibility index (Phi) is 4.22. The second-order valence-electron chi connectivity index (χ2n) is 5.08. The van der Waals surface area contributed by atoms with Crippen molar-refractivity contribution in [3.05, 3.63) is 28.8 Å². The van der Waals surface area contributed by atoms with E-state index in [1.807, 2.05) is 0 Å². The SMILES string of the molecule is CC1CN(c2c(C=O)cc(C(=O)O)c(F)c2F)CC(C)O1. The molecule has 0 saturated carbocycles. The Morgan fingerprint density at radius 1 is 1.33 bits per heavy atom. The standard InChI is InChI=1S/C14H15F2NO4/c1-7-4-17(5-8(2)21-7)13-9(6-18)3-10(14(19)20)11(15)12(13)16/h3,6-8H,4-5H2,1-2H3,(H,19,20). The van der Waals surface area contributed by atoms with E-state index < -0.39 is 23.2 Å². The van der Waals surface area contributed by atoms with Gasteiger partial charge < -0.3 is 14.7 Å². The summed E-state index contributed by atoms with van der Waals surface area (Å²) in [5.74, 6) is -4.40. The lowest BCUT2D eigenvalue weighted by molar-refractivity contribution is -0.00548. The van der Waals surface area contributed by atoms with Gasteiger partial charge in [0.2, 0.25) is 0 Å². The first kappa shape index (κ1) is 15.4. The molecule has 2 rings (SSSR count). The van der Waals surface area contributed by atoms with E-state index in [9.17, 15) is 18.4 Å². The average molecular weight is 299 g/mol. The lowest BCUT2D eigenvalue weighted by Crippen LogP contribution is -2.46. The molecule has 5 nitrogen and oxygen atoms in total. The number of carbonyl (C=O) groups excluding carboxylic acids is 1. The molecule has 7 heteroatoms. The van der Waals surface area contributed by atoms with E-state index in [0.29, 0.717) is 6.29 Å². The van der Waals surface area contributed by atoms with Crippen LogP contribution in [0.5, 0.6) is 0 Å². The zero-order valence-electron chi connectivity index (χ0n) is 11.6. The second-order valence-corrected chi connectivity index (χ2v) is 5.08. The molecule has 1 aromatic carbocycles. The van der Waals surface area contributed by atoms with Gasteiger partial charge in [-0.25, -0.2) is 13.6 Å². The number of anilines is 1. The zero-order chi connectivity index (χ0) is 15.7. The normalized spacial score (nSPS) is 22.2. The summed E-state index contributed by atoms with van der Waals surface area (Å²) >= 11 is 0. The Morgan fingerprint density at radius 3 is 2.38 bits per heavy atom. The molecular formula is C14H15F2NO4. The molecule has 0 spiro atoms. The van der Waals surface area contributed by atoms with Crippen molar-refractivity contribution in [2.75, 3.05) is 18.0 Å². The van der Waals surface area contributed by atoms with Gasteiger partial charge in [-0.3, -0.25) is 4.79 Å². The molecule has 0 aromatic heterocycles. The van der Waals surface area contributed by atoms with Gasteiger partial charge in [0.05, 0.1) is 23.5 Å². The van der Waals surface area contributed by atoms with Crippen molar-refractivity contribution in [3.63, 3.8) is 0 Å². The molecule has 114 valence electrons. The Balaban J connectivity index is 2.55. The molecule has 1 saturated heterocycles. The number of morpholine rings is 1. The number of carbonyl (C=O) groups is 2. The van der Waals surface area contributed by atoms with Crippen molar-refractivity contribution in [1.29, 1.82) is 0 Å². The van der Waals surface area contributed by atoms with Crippen molar-refractivity contribution in [1.82, 2.24) is 0 Å². The first-order valence-electron chi connectivity index (χ1n) is 6.46. The maximum atomic E-state index is 14.2. The number of aldehydes is 1. The van der Waals surface area contributed by atoms with Gasteiger partial charge in [-0.15, -0.1) is 0 Å². The summed E-state index contributed by atoms with van der Waals surface area (Å²) in [5.41, 5.74) is -1.25. The molecule has 1 aromatic rings. The minimum Gasteiger partial charge on any atom is -0.478 e. The Labute approximate surface area is 120 Å². The molecule has 1 fully saturated rings. The van der Waals surface area contributed by atoms with Crippen LogP contribution in [0.4, 0.5) is 14.5 Å². The Bertz CT molecular complexity index is 581. The zero-order valence-corrected chi connectivity index (χ0v) is 11.6. The van der Waals surface area contributed by atoms with Crippen LogP contribution >= 0.6 is 0 Å². The monoisotopic (exact) mass is 299 g/mol. The van der Waals surface area contributed by atoms with Gasteiger partial charge in [0.15, 0.2) is 17.9 Å². The highest BCUT2D eigenvalue weighted by atomic mass is 19.2. The van der Waals surface area contributed by atoms with Crippen LogP contribution in [0, 0.1) is 11.6 Å². The maximum Gasteiger partial charge on any atom is 0.338 e. The minimum absolute atomic E-state index is 0.187. The van der Waals surface area contributed by atoms with Crippen LogP contribution in [-0.2, 0) is 4.74 Å². The van der Waals surface area contributed by atoms with Gasteiger partial charge in [-0.1, -0.05) is 0 Å². The van der Waals surface area contributed by atoms with E-state index in [1.165, 1.54) is 4.90 Å². The van der Waals surface area contributed by atoms with E-state index in [-0.39, 0.29) is 36.5 Å². The number of rotatable bonds is 3. The number of hydrogen-bond acceptors (Lipinski definition) is 4. The van der Waals surface area contributed by atoms with E-state index in [4.69, 9.17) is 9.84 Å². The van der Waals surface area contributed by atoms with Gasteiger partial charge in [-0.05, 0) is 19.9 Å². The third-order valence-electron chi connectivity index (χ3n) is 3.30. The molecule has 1 aliphatic heterocycles. The van der Waals surface area contributed by atoms with Crippen molar-refractivity contribution in [2.24, 2.45) is 0 Å². The van der Waals surface area contributed by atoms with Crippen LogP contribution in [0.15, 0.2) is 6.07 Å². The van der Waals surface area contributed by atoms with Gasteiger partial charge in [0.1, 0.15) is 0 Å². The number of hydrogen-bond donors (Lipinski definition) is 1. The molecule has 2 atom stereocenters. The lowest BCUT2D eigenvalue weighted by atomic mass is 10.1. The number of halogens is 2. The molecule has 0 radical (unpaired) electrons. The third kappa shape index (κ3) is 2.87. The maximum absolute atomic E-state index is 14.2. The Hall–Kier alpha value is -2.02. The topological polar surface area (TPSA) is 66.8 Å². The summed E-state index contributed by atoms with van der Waals surface area (Å²) < 4.78 is 33.6. The average Bonchev–Trinajstić information content (AvgIpc) is 2.39. The molecule has 0 aliphatic carbocycles. The number of benzene rings is 1. The van der Waals surface area contributed by atoms with Gasteiger partial charge in [0, 0.05) is 18.7 Å². The van der Waals surface area contributed by atoms with E-state index >= 15 is 0 Å². The van der Waals surface area contributed by atoms with Gasteiger partial charge in [0.25, 0.3) is 0 Å². The minimum atomic E-state index is -1.62. The van der Waals surface area contributed by atoms with Crippen molar-refractivity contribution in [3.8, 4) is 0 Å². The molecule has 1 aliphatic rings. The second kappa shape index (κ2) is 5.77. The van der Waals surface area contributed by atoms with Gasteiger partial charge >= 0.3 is 5.97 Å².